The highest BCUT2D eigenvalue weighted by Crippen LogP contribution is 2.36. The van der Waals surface area contributed by atoms with Crippen LogP contribution in [0, 0.1) is 0 Å². The van der Waals surface area contributed by atoms with Gasteiger partial charge in [0.1, 0.15) is 0 Å². The Kier molecular flexibility index (Phi) is 8.08. The quantitative estimate of drug-likeness (QED) is 0.769. The Morgan fingerprint density at radius 1 is 1.23 bits per heavy atom. The van der Waals surface area contributed by atoms with Crippen LogP contribution < -0.4 is 5.32 Å². The molecule has 0 aliphatic carbocycles. The molecule has 1 aromatic carbocycles. The molecule has 168 valence electrons. The van der Waals surface area contributed by atoms with E-state index in [9.17, 15) is 18.0 Å². The summed E-state index contributed by atoms with van der Waals surface area (Å²) in [5.74, 6) is -2.76. The van der Waals surface area contributed by atoms with Gasteiger partial charge in [0.2, 0.25) is 0 Å². The van der Waals surface area contributed by atoms with E-state index < -0.39 is 12.1 Å². The summed E-state index contributed by atoms with van der Waals surface area (Å²) < 4.78 is 37.8. The van der Waals surface area contributed by atoms with Gasteiger partial charge in [0.15, 0.2) is 0 Å². The molecule has 2 saturated heterocycles. The van der Waals surface area contributed by atoms with E-state index >= 15 is 0 Å². The number of urea groups is 1. The van der Waals surface area contributed by atoms with Crippen molar-refractivity contribution >= 4 is 12.0 Å². The molecule has 1 atom stereocenters. The molecule has 2 aliphatic rings. The second-order valence-electron chi connectivity index (χ2n) is 7.80. The molecule has 1 spiro atoms. The Balaban J connectivity index is 0.000000396. The van der Waals surface area contributed by atoms with Gasteiger partial charge in [-0.25, -0.2) is 9.59 Å². The molecular formula is C20H28F3N3O4. The zero-order chi connectivity index (χ0) is 22.4. The largest absolute Gasteiger partial charge is 0.490 e. The molecule has 3 rings (SSSR count). The Labute approximate surface area is 173 Å². The maximum Gasteiger partial charge on any atom is 0.490 e. The summed E-state index contributed by atoms with van der Waals surface area (Å²) in [6, 6.07) is 10.7. The zero-order valence-corrected chi connectivity index (χ0v) is 17.1. The summed E-state index contributed by atoms with van der Waals surface area (Å²) in [6.07, 6.45) is -2.05. The normalized spacial score (nSPS) is 20.9. The van der Waals surface area contributed by atoms with E-state index in [0.29, 0.717) is 6.61 Å². The summed E-state index contributed by atoms with van der Waals surface area (Å²) in [5.41, 5.74) is 1.34. The first-order valence-electron chi connectivity index (χ1n) is 9.69. The number of halogens is 3. The van der Waals surface area contributed by atoms with E-state index in [1.165, 1.54) is 5.56 Å². The number of alkyl halides is 3. The molecule has 30 heavy (non-hydrogen) atoms. The first-order valence-corrected chi connectivity index (χ1v) is 9.69. The van der Waals surface area contributed by atoms with Crippen LogP contribution in [0.4, 0.5) is 18.0 Å². The number of likely N-dealkylation sites (tertiary alicyclic amines) is 1. The first kappa shape index (κ1) is 23.9. The van der Waals surface area contributed by atoms with E-state index in [0.717, 1.165) is 38.9 Å². The highest BCUT2D eigenvalue weighted by Gasteiger charge is 2.43. The van der Waals surface area contributed by atoms with Gasteiger partial charge in [0, 0.05) is 33.7 Å². The smallest absolute Gasteiger partial charge is 0.475 e. The minimum absolute atomic E-state index is 0.0303. The van der Waals surface area contributed by atoms with Crippen LogP contribution in [0.1, 0.15) is 24.8 Å². The molecule has 0 saturated carbocycles. The number of nitrogens with zero attached hydrogens (tertiary/aromatic N) is 2. The predicted octanol–water partition coefficient (Wildman–Crippen LogP) is 2.71. The topological polar surface area (TPSA) is 82.1 Å². The molecule has 0 bridgehead atoms. The van der Waals surface area contributed by atoms with Crippen LogP contribution >= 0.6 is 0 Å². The number of nitrogens with one attached hydrogen (secondary N) is 1. The fourth-order valence-electron chi connectivity index (χ4n) is 3.55. The van der Waals surface area contributed by atoms with Crippen LogP contribution in [0.5, 0.6) is 0 Å². The fraction of sp³-hybridized carbons (Fsp3) is 0.600. The maximum atomic E-state index is 11.8. The summed E-state index contributed by atoms with van der Waals surface area (Å²) in [7, 11) is 3.53. The van der Waals surface area contributed by atoms with Crippen molar-refractivity contribution in [3.63, 3.8) is 0 Å². The van der Waals surface area contributed by atoms with E-state index in [2.05, 4.69) is 40.5 Å². The van der Waals surface area contributed by atoms with Crippen molar-refractivity contribution in [2.45, 2.75) is 43.6 Å². The standard InChI is InChI=1S/C18H27N3O2.C2HF3O2/c1-20(2)17(22)19-16-12-18(23-14-16)8-10-21(11-9-18)13-15-6-4-3-5-7-15;3-2(4,5)1(6)7/h3-7,16H,8-14H2,1-2H3,(H,19,22);(H,6,7). The molecule has 1 unspecified atom stereocenters. The van der Waals surface area contributed by atoms with Crippen molar-refractivity contribution < 1.29 is 32.6 Å². The second-order valence-corrected chi connectivity index (χ2v) is 7.80. The SMILES string of the molecule is CN(C)C(=O)NC1COC2(CCN(Cc3ccccc3)CC2)C1.O=C(O)C(F)(F)F. The zero-order valence-electron chi connectivity index (χ0n) is 17.1. The number of hydrogen-bond acceptors (Lipinski definition) is 4. The molecule has 10 heteroatoms. The lowest BCUT2D eigenvalue weighted by Crippen LogP contribution is -2.45. The highest BCUT2D eigenvalue weighted by atomic mass is 19.4. The lowest BCUT2D eigenvalue weighted by atomic mass is 9.87. The summed E-state index contributed by atoms with van der Waals surface area (Å²) in [6.45, 7) is 3.77. The van der Waals surface area contributed by atoms with Gasteiger partial charge in [0.05, 0.1) is 18.2 Å². The number of carbonyl (C=O) groups excluding carboxylic acids is 1. The van der Waals surface area contributed by atoms with Crippen LogP contribution in [0.3, 0.4) is 0 Å². The monoisotopic (exact) mass is 431 g/mol. The number of carboxylic acid groups (broad SMARTS) is 1. The molecule has 0 aromatic heterocycles. The molecule has 0 radical (unpaired) electrons. The maximum absolute atomic E-state index is 11.8. The number of rotatable bonds is 3. The number of carboxylic acids is 1. The number of piperidine rings is 1. The van der Waals surface area contributed by atoms with Gasteiger partial charge >= 0.3 is 18.2 Å². The van der Waals surface area contributed by atoms with E-state index in [4.69, 9.17) is 14.6 Å². The molecule has 2 aliphatic heterocycles. The second kappa shape index (κ2) is 10.1. The van der Waals surface area contributed by atoms with E-state index in [-0.39, 0.29) is 17.7 Å². The van der Waals surface area contributed by atoms with Crippen molar-refractivity contribution in [3.8, 4) is 0 Å². The summed E-state index contributed by atoms with van der Waals surface area (Å²) >= 11 is 0. The van der Waals surface area contributed by atoms with Crippen molar-refractivity contribution in [2.24, 2.45) is 0 Å². The number of benzene rings is 1. The van der Waals surface area contributed by atoms with Gasteiger partial charge in [-0.15, -0.1) is 0 Å². The van der Waals surface area contributed by atoms with Crippen LogP contribution in [0.25, 0.3) is 0 Å². The van der Waals surface area contributed by atoms with Gasteiger partial charge in [-0.3, -0.25) is 4.90 Å². The summed E-state index contributed by atoms with van der Waals surface area (Å²) in [4.78, 5) is 24.7. The third-order valence-corrected chi connectivity index (χ3v) is 5.20. The van der Waals surface area contributed by atoms with Crippen molar-refractivity contribution in [2.75, 3.05) is 33.8 Å². The molecule has 7 nitrogen and oxygen atoms in total. The predicted molar refractivity (Wildman–Crippen MR) is 104 cm³/mol. The molecule has 2 fully saturated rings. The number of amides is 2. The average Bonchev–Trinajstić information content (AvgIpc) is 3.06. The molecule has 2 heterocycles. The first-order chi connectivity index (χ1) is 14.0. The number of hydrogen-bond donors (Lipinski definition) is 2. The Morgan fingerprint density at radius 3 is 2.30 bits per heavy atom. The molecular weight excluding hydrogens is 403 g/mol. The Hall–Kier alpha value is -2.33. The van der Waals surface area contributed by atoms with Crippen LogP contribution in [0.15, 0.2) is 30.3 Å². The van der Waals surface area contributed by atoms with E-state index in [1.54, 1.807) is 19.0 Å². The number of carbonyl (C=O) groups is 2. The van der Waals surface area contributed by atoms with Crippen LogP contribution in [0.2, 0.25) is 0 Å². The van der Waals surface area contributed by atoms with Crippen molar-refractivity contribution in [3.05, 3.63) is 35.9 Å². The Bertz CT molecular complexity index is 705. The average molecular weight is 431 g/mol. The minimum Gasteiger partial charge on any atom is -0.475 e. The third-order valence-electron chi connectivity index (χ3n) is 5.20. The lowest BCUT2D eigenvalue weighted by Gasteiger charge is -2.38. The van der Waals surface area contributed by atoms with Crippen molar-refractivity contribution in [1.29, 1.82) is 0 Å². The summed E-state index contributed by atoms with van der Waals surface area (Å²) in [5, 5.41) is 10.2. The number of ether oxygens (including phenoxy) is 1. The molecule has 2 amide bonds. The minimum atomic E-state index is -5.08. The van der Waals surface area contributed by atoms with Gasteiger partial charge < -0.3 is 20.1 Å². The van der Waals surface area contributed by atoms with Crippen LogP contribution in [-0.4, -0.2) is 78.5 Å². The lowest BCUT2D eigenvalue weighted by molar-refractivity contribution is -0.192. The van der Waals surface area contributed by atoms with Gasteiger partial charge in [-0.05, 0) is 24.8 Å². The van der Waals surface area contributed by atoms with Gasteiger partial charge in [-0.2, -0.15) is 13.2 Å². The molecule has 1 aromatic rings. The highest BCUT2D eigenvalue weighted by molar-refractivity contribution is 5.74. The molecule has 2 N–H and O–H groups in total. The fourth-order valence-corrected chi connectivity index (χ4v) is 3.55. The van der Waals surface area contributed by atoms with Gasteiger partial charge in [0.25, 0.3) is 0 Å². The van der Waals surface area contributed by atoms with Gasteiger partial charge in [-0.1, -0.05) is 30.3 Å². The third kappa shape index (κ3) is 7.17. The number of aliphatic carboxylic acids is 1. The Morgan fingerprint density at radius 2 is 1.80 bits per heavy atom. The van der Waals surface area contributed by atoms with E-state index in [1.807, 2.05) is 0 Å². The van der Waals surface area contributed by atoms with Crippen molar-refractivity contribution in [1.82, 2.24) is 15.1 Å². The van der Waals surface area contributed by atoms with Crippen LogP contribution in [-0.2, 0) is 16.1 Å².